The third-order valence-corrected chi connectivity index (χ3v) is 1.33. The summed E-state index contributed by atoms with van der Waals surface area (Å²) in [6, 6.07) is 0. The van der Waals surface area contributed by atoms with Gasteiger partial charge in [0.2, 0.25) is 0 Å². The fourth-order valence-electron chi connectivity index (χ4n) is 0.710. The fraction of sp³-hybridized carbons (Fsp3) is 0.750. The highest BCUT2D eigenvalue weighted by molar-refractivity contribution is 4.92. The van der Waals surface area contributed by atoms with Gasteiger partial charge in [-0.15, -0.1) is 6.42 Å². The number of unbranched alkanes of at least 4 members (excludes halogenated alkanes) is 2. The van der Waals surface area contributed by atoms with Crippen LogP contribution in [-0.2, 0) is 0 Å². The van der Waals surface area contributed by atoms with Crippen molar-refractivity contribution in [1.29, 1.82) is 0 Å². The second kappa shape index (κ2) is 6.60. The SMILES string of the molecule is C#CC(O)CCCCCO. The van der Waals surface area contributed by atoms with Crippen LogP contribution in [0.1, 0.15) is 25.7 Å². The Morgan fingerprint density at radius 1 is 1.30 bits per heavy atom. The zero-order valence-corrected chi connectivity index (χ0v) is 6.08. The molecule has 0 saturated heterocycles. The fourth-order valence-corrected chi connectivity index (χ4v) is 0.710. The minimum Gasteiger partial charge on any atom is -0.396 e. The molecule has 1 unspecified atom stereocenters. The van der Waals surface area contributed by atoms with Gasteiger partial charge in [-0.3, -0.25) is 0 Å². The summed E-state index contributed by atoms with van der Waals surface area (Å²) in [7, 11) is 0. The molecule has 10 heavy (non-hydrogen) atoms. The second-order valence-corrected chi connectivity index (χ2v) is 2.26. The van der Waals surface area contributed by atoms with Crippen LogP contribution < -0.4 is 0 Å². The summed E-state index contributed by atoms with van der Waals surface area (Å²) in [5, 5.41) is 17.2. The molecule has 0 aliphatic carbocycles. The minimum absolute atomic E-state index is 0.228. The molecule has 0 bridgehead atoms. The van der Waals surface area contributed by atoms with E-state index >= 15 is 0 Å². The molecule has 0 rings (SSSR count). The van der Waals surface area contributed by atoms with Crippen molar-refractivity contribution in [3.63, 3.8) is 0 Å². The monoisotopic (exact) mass is 142 g/mol. The number of hydrogen-bond donors (Lipinski definition) is 2. The van der Waals surface area contributed by atoms with Crippen molar-refractivity contribution < 1.29 is 10.2 Å². The van der Waals surface area contributed by atoms with E-state index in [4.69, 9.17) is 16.6 Å². The highest BCUT2D eigenvalue weighted by atomic mass is 16.3. The number of terminal acetylenes is 1. The Morgan fingerprint density at radius 2 is 2.00 bits per heavy atom. The van der Waals surface area contributed by atoms with Crippen molar-refractivity contribution in [3.05, 3.63) is 0 Å². The van der Waals surface area contributed by atoms with Gasteiger partial charge in [0.15, 0.2) is 0 Å². The lowest BCUT2D eigenvalue weighted by Gasteiger charge is -2.00. The predicted molar refractivity (Wildman–Crippen MR) is 40.4 cm³/mol. The van der Waals surface area contributed by atoms with Gasteiger partial charge < -0.3 is 10.2 Å². The van der Waals surface area contributed by atoms with Gasteiger partial charge in [0.25, 0.3) is 0 Å². The Morgan fingerprint density at radius 3 is 2.50 bits per heavy atom. The van der Waals surface area contributed by atoms with Gasteiger partial charge in [-0.2, -0.15) is 0 Å². The first-order valence-corrected chi connectivity index (χ1v) is 3.56. The molecule has 0 amide bonds. The Labute approximate surface area is 61.9 Å². The number of hydrogen-bond acceptors (Lipinski definition) is 2. The van der Waals surface area contributed by atoms with E-state index in [1.54, 1.807) is 0 Å². The van der Waals surface area contributed by atoms with E-state index < -0.39 is 6.10 Å². The highest BCUT2D eigenvalue weighted by Gasteiger charge is 1.96. The van der Waals surface area contributed by atoms with Gasteiger partial charge in [-0.25, -0.2) is 0 Å². The maximum absolute atomic E-state index is 8.86. The normalized spacial score (nSPS) is 12.5. The van der Waals surface area contributed by atoms with Gasteiger partial charge in [0.1, 0.15) is 6.10 Å². The van der Waals surface area contributed by atoms with E-state index in [0.717, 1.165) is 19.3 Å². The number of aliphatic hydroxyl groups is 2. The van der Waals surface area contributed by atoms with Gasteiger partial charge in [0.05, 0.1) is 0 Å². The van der Waals surface area contributed by atoms with Crippen LogP contribution in [0.5, 0.6) is 0 Å². The van der Waals surface area contributed by atoms with Crippen molar-refractivity contribution in [2.45, 2.75) is 31.8 Å². The van der Waals surface area contributed by atoms with Crippen LogP contribution in [0.2, 0.25) is 0 Å². The van der Waals surface area contributed by atoms with Gasteiger partial charge >= 0.3 is 0 Å². The highest BCUT2D eigenvalue weighted by Crippen LogP contribution is 2.01. The van der Waals surface area contributed by atoms with Crippen LogP contribution >= 0.6 is 0 Å². The van der Waals surface area contributed by atoms with Crippen LogP contribution in [0, 0.1) is 12.3 Å². The standard InChI is InChI=1S/C8H14O2/c1-2-8(10)6-4-3-5-7-9/h1,8-10H,3-7H2. The molecule has 0 radical (unpaired) electrons. The quantitative estimate of drug-likeness (QED) is 0.434. The van der Waals surface area contributed by atoms with Gasteiger partial charge in [0, 0.05) is 6.61 Å². The number of aliphatic hydroxyl groups excluding tert-OH is 2. The molecule has 0 aromatic rings. The second-order valence-electron chi connectivity index (χ2n) is 2.26. The van der Waals surface area contributed by atoms with Crippen LogP contribution in [0.3, 0.4) is 0 Å². The molecule has 0 spiro atoms. The van der Waals surface area contributed by atoms with Crippen molar-refractivity contribution in [2.75, 3.05) is 6.61 Å². The van der Waals surface area contributed by atoms with E-state index in [1.807, 2.05) is 0 Å². The summed E-state index contributed by atoms with van der Waals surface area (Å²) in [6.45, 7) is 0.228. The summed E-state index contributed by atoms with van der Waals surface area (Å²) in [5.41, 5.74) is 0. The lowest BCUT2D eigenvalue weighted by molar-refractivity contribution is 0.214. The van der Waals surface area contributed by atoms with E-state index in [-0.39, 0.29) is 6.61 Å². The van der Waals surface area contributed by atoms with Crippen molar-refractivity contribution >= 4 is 0 Å². The molecule has 0 saturated carbocycles. The summed E-state index contributed by atoms with van der Waals surface area (Å²) in [5.74, 6) is 2.23. The summed E-state index contributed by atoms with van der Waals surface area (Å²) < 4.78 is 0. The molecule has 2 N–H and O–H groups in total. The van der Waals surface area contributed by atoms with Crippen molar-refractivity contribution in [2.24, 2.45) is 0 Å². The third-order valence-electron chi connectivity index (χ3n) is 1.33. The van der Waals surface area contributed by atoms with Crippen LogP contribution in [0.4, 0.5) is 0 Å². The van der Waals surface area contributed by atoms with Gasteiger partial charge in [-0.1, -0.05) is 12.3 Å². The number of rotatable bonds is 5. The maximum atomic E-state index is 8.86. The first-order valence-electron chi connectivity index (χ1n) is 3.56. The van der Waals surface area contributed by atoms with Crippen LogP contribution in [0.25, 0.3) is 0 Å². The molecule has 2 heteroatoms. The smallest absolute Gasteiger partial charge is 0.114 e. The molecule has 0 aromatic heterocycles. The Kier molecular flexibility index (Phi) is 6.25. The first-order chi connectivity index (χ1) is 4.81. The molecule has 0 aromatic carbocycles. The summed E-state index contributed by atoms with van der Waals surface area (Å²) >= 11 is 0. The van der Waals surface area contributed by atoms with E-state index in [1.165, 1.54) is 0 Å². The molecule has 58 valence electrons. The molecule has 2 nitrogen and oxygen atoms in total. The summed E-state index contributed by atoms with van der Waals surface area (Å²) in [6.07, 6.45) is 7.63. The first kappa shape index (κ1) is 9.48. The molecule has 0 heterocycles. The zero-order chi connectivity index (χ0) is 7.82. The van der Waals surface area contributed by atoms with E-state index in [0.29, 0.717) is 6.42 Å². The summed E-state index contributed by atoms with van der Waals surface area (Å²) in [4.78, 5) is 0. The maximum Gasteiger partial charge on any atom is 0.114 e. The molecular formula is C8H14O2. The molecule has 1 atom stereocenters. The average molecular weight is 142 g/mol. The lowest BCUT2D eigenvalue weighted by Crippen LogP contribution is -2.01. The topological polar surface area (TPSA) is 40.5 Å². The molecule has 0 fully saturated rings. The minimum atomic E-state index is -0.598. The Bertz CT molecular complexity index is 104. The van der Waals surface area contributed by atoms with Crippen LogP contribution in [0.15, 0.2) is 0 Å². The average Bonchev–Trinajstić information content (AvgIpc) is 1.98. The largest absolute Gasteiger partial charge is 0.396 e. The third kappa shape index (κ3) is 5.61. The van der Waals surface area contributed by atoms with Crippen molar-refractivity contribution in [3.8, 4) is 12.3 Å². The van der Waals surface area contributed by atoms with Gasteiger partial charge in [-0.05, 0) is 19.3 Å². The lowest BCUT2D eigenvalue weighted by atomic mass is 10.1. The molecular weight excluding hydrogens is 128 g/mol. The van der Waals surface area contributed by atoms with E-state index in [2.05, 4.69) is 5.92 Å². The van der Waals surface area contributed by atoms with E-state index in [9.17, 15) is 0 Å². The Balaban J connectivity index is 2.98. The van der Waals surface area contributed by atoms with Crippen molar-refractivity contribution in [1.82, 2.24) is 0 Å². The Hall–Kier alpha value is -0.520. The zero-order valence-electron chi connectivity index (χ0n) is 6.08. The van der Waals surface area contributed by atoms with Crippen LogP contribution in [-0.4, -0.2) is 22.9 Å². The predicted octanol–water partition coefficient (Wildman–Crippen LogP) is 0.533. The molecule has 0 aliphatic heterocycles. The molecule has 0 aliphatic rings.